The molecule has 0 radical (unpaired) electrons. The Balaban J connectivity index is 0.000000850. The van der Waals surface area contributed by atoms with Crippen LogP contribution in [0.1, 0.15) is 40.2 Å². The fraction of sp³-hybridized carbons (Fsp3) is 0.385. The fourth-order valence-corrected chi connectivity index (χ4v) is 4.94. The van der Waals surface area contributed by atoms with E-state index in [1.165, 1.54) is 16.8 Å². The molecule has 2 aromatic carbocycles. The zero-order valence-electron chi connectivity index (χ0n) is 21.4. The first kappa shape index (κ1) is 32.6. The maximum absolute atomic E-state index is 14.5. The summed E-state index contributed by atoms with van der Waals surface area (Å²) in [7, 11) is 0.715. The van der Waals surface area contributed by atoms with Crippen LogP contribution in [0, 0.1) is 5.82 Å². The van der Waals surface area contributed by atoms with Crippen molar-refractivity contribution in [1.29, 1.82) is 0 Å². The number of halogens is 8. The van der Waals surface area contributed by atoms with E-state index < -0.39 is 18.9 Å². The maximum atomic E-state index is 14.5. The minimum Gasteiger partial charge on any atom is -0.355 e. The van der Waals surface area contributed by atoms with Gasteiger partial charge < -0.3 is 14.8 Å². The molecule has 0 saturated carbocycles. The van der Waals surface area contributed by atoms with Gasteiger partial charge in [0.25, 0.3) is 5.91 Å². The Morgan fingerprint density at radius 2 is 1.78 bits per heavy atom. The lowest BCUT2D eigenvalue weighted by Gasteiger charge is -2.32. The lowest BCUT2D eigenvalue weighted by Crippen LogP contribution is -2.38. The van der Waals surface area contributed by atoms with E-state index in [0.717, 1.165) is 5.56 Å². The molecular weight excluding hydrogens is 602 g/mol. The molecule has 6 nitrogen and oxygen atoms in total. The van der Waals surface area contributed by atoms with Gasteiger partial charge in [0.15, 0.2) is 0 Å². The van der Waals surface area contributed by atoms with Gasteiger partial charge in [-0.2, -0.15) is 13.2 Å². The van der Waals surface area contributed by atoms with Crippen LogP contribution in [0.15, 0.2) is 42.6 Å². The number of nitrogens with zero attached hydrogens (tertiary/aromatic N) is 2. The number of piperidine rings is 1. The number of hydrogen-bond donors (Lipinski definition) is 1. The summed E-state index contributed by atoms with van der Waals surface area (Å²) in [6.07, 6.45) is -1.56. The Kier molecular flexibility index (Phi) is 11.0. The van der Waals surface area contributed by atoms with E-state index in [0.29, 0.717) is 75.2 Å². The molecule has 15 heteroatoms. The van der Waals surface area contributed by atoms with E-state index in [2.05, 4.69) is 10.1 Å². The summed E-state index contributed by atoms with van der Waals surface area (Å²) in [5, 5.41) is 3.42. The molecule has 1 saturated heterocycles. The van der Waals surface area contributed by atoms with Gasteiger partial charge in [-0.15, -0.1) is 13.2 Å². The van der Waals surface area contributed by atoms with Gasteiger partial charge >= 0.3 is 12.3 Å². The lowest BCUT2D eigenvalue weighted by atomic mass is 9.88. The Hall–Kier alpha value is -2.89. The van der Waals surface area contributed by atoms with Gasteiger partial charge in [-0.3, -0.25) is 14.3 Å². The summed E-state index contributed by atoms with van der Waals surface area (Å²) in [6.45, 7) is 0.331. The molecular formula is C26H26ClF7N3O3P. The zero-order valence-corrected chi connectivity index (χ0v) is 23.3. The van der Waals surface area contributed by atoms with Crippen molar-refractivity contribution in [2.45, 2.75) is 44.1 Å². The molecule has 2 heterocycles. The lowest BCUT2D eigenvalue weighted by molar-refractivity contribution is -0.325. The van der Waals surface area contributed by atoms with Crippen molar-refractivity contribution in [1.82, 2.24) is 14.8 Å². The summed E-state index contributed by atoms with van der Waals surface area (Å²) in [5.41, 5.74) is 2.15. The molecule has 0 bridgehead atoms. The number of nitrogens with one attached hydrogen (secondary N) is 1. The fourth-order valence-electron chi connectivity index (χ4n) is 4.66. The highest BCUT2D eigenvalue weighted by atomic mass is 35.5. The van der Waals surface area contributed by atoms with Crippen LogP contribution in [0.25, 0.3) is 10.9 Å². The molecule has 3 aromatic rings. The van der Waals surface area contributed by atoms with Crippen LogP contribution in [0.2, 0.25) is 5.02 Å². The average Bonchev–Trinajstić information content (AvgIpc) is 3.26. The predicted octanol–water partition coefficient (Wildman–Crippen LogP) is 6.62. The van der Waals surface area contributed by atoms with Gasteiger partial charge in [-0.1, -0.05) is 35.9 Å². The number of aromatic nitrogens is 1. The minimum atomic E-state index is -4.75. The number of alkyl halides is 6. The first-order chi connectivity index (χ1) is 19.2. The predicted molar refractivity (Wildman–Crippen MR) is 142 cm³/mol. The molecule has 1 fully saturated rings. The Morgan fingerprint density at radius 3 is 2.39 bits per heavy atom. The largest absolute Gasteiger partial charge is 0.522 e. The van der Waals surface area contributed by atoms with E-state index in [9.17, 15) is 40.3 Å². The average molecular weight is 628 g/mol. The van der Waals surface area contributed by atoms with E-state index in [1.54, 1.807) is 35.2 Å². The van der Waals surface area contributed by atoms with Gasteiger partial charge in [-0.25, -0.2) is 4.39 Å². The van der Waals surface area contributed by atoms with Crippen molar-refractivity contribution in [3.63, 3.8) is 0 Å². The maximum Gasteiger partial charge on any atom is 0.522 e. The Morgan fingerprint density at radius 1 is 1.12 bits per heavy atom. The third-order valence-electron chi connectivity index (χ3n) is 6.35. The molecule has 4 rings (SSSR count). The third kappa shape index (κ3) is 9.58. The molecule has 1 aromatic heterocycles. The van der Waals surface area contributed by atoms with Crippen LogP contribution in [0.5, 0.6) is 0 Å². The number of fused-ring (bicyclic) bond motifs is 1. The Bertz CT molecular complexity index is 1350. The van der Waals surface area contributed by atoms with Crippen molar-refractivity contribution >= 4 is 44.1 Å². The minimum absolute atomic E-state index is 0.0828. The van der Waals surface area contributed by atoms with Crippen molar-refractivity contribution < 1.29 is 45.1 Å². The number of hydrogen-bond acceptors (Lipinski definition) is 3. The molecule has 41 heavy (non-hydrogen) atoms. The third-order valence-corrected chi connectivity index (χ3v) is 6.65. The highest BCUT2D eigenvalue weighted by Crippen LogP contribution is 2.33. The molecule has 2 amide bonds. The van der Waals surface area contributed by atoms with Crippen LogP contribution < -0.4 is 5.32 Å². The summed E-state index contributed by atoms with van der Waals surface area (Å²) in [6, 6.07) is 9.74. The summed E-state index contributed by atoms with van der Waals surface area (Å²) in [5.74, 6) is -4.76. The molecule has 0 spiro atoms. The zero-order chi connectivity index (χ0) is 30.4. The molecule has 1 aliphatic rings. The van der Waals surface area contributed by atoms with Crippen molar-refractivity contribution in [2.75, 3.05) is 19.7 Å². The first-order valence-electron chi connectivity index (χ1n) is 12.3. The van der Waals surface area contributed by atoms with Gasteiger partial charge in [-0.05, 0) is 51.3 Å². The molecule has 1 atom stereocenters. The van der Waals surface area contributed by atoms with Gasteiger partial charge in [0.2, 0.25) is 6.41 Å². The van der Waals surface area contributed by atoms with E-state index in [-0.39, 0.29) is 24.2 Å². The van der Waals surface area contributed by atoms with Crippen LogP contribution >= 0.6 is 20.8 Å². The normalized spacial score (nSPS) is 14.5. The Labute approximate surface area is 238 Å². The topological polar surface area (TPSA) is 63.6 Å². The van der Waals surface area contributed by atoms with Crippen molar-refractivity contribution in [2.24, 2.45) is 0 Å². The van der Waals surface area contributed by atoms with Crippen molar-refractivity contribution in [3.8, 4) is 0 Å². The quantitative estimate of drug-likeness (QED) is 0.174. The van der Waals surface area contributed by atoms with Crippen molar-refractivity contribution in [3.05, 3.63) is 70.1 Å². The van der Waals surface area contributed by atoms with E-state index in [4.69, 9.17) is 11.6 Å². The number of carbonyl (C=O) groups is 2. The van der Waals surface area contributed by atoms with Crippen LogP contribution in [0.4, 0.5) is 30.7 Å². The number of rotatable bonds is 8. The highest BCUT2D eigenvalue weighted by Gasteiger charge is 2.30. The van der Waals surface area contributed by atoms with E-state index in [1.807, 2.05) is 0 Å². The number of ether oxygens (including phenoxy) is 1. The molecule has 1 unspecified atom stereocenters. The SMILES string of the molecule is FC(F)(F)P.O=CNCc1ccc(F)c(C2CCN(C(=O)c3cn(CCOC(F)(F)F)c4c(Cl)cccc34)CC2)c1. The molecule has 1 aliphatic heterocycles. The van der Waals surface area contributed by atoms with Crippen LogP contribution in [0.3, 0.4) is 0 Å². The number of amides is 2. The summed E-state index contributed by atoms with van der Waals surface area (Å²) >= 11 is 6.31. The summed E-state index contributed by atoms with van der Waals surface area (Å²) < 4.78 is 88.1. The van der Waals surface area contributed by atoms with Crippen LogP contribution in [-0.2, 0) is 22.6 Å². The molecule has 0 aliphatic carbocycles. The second kappa shape index (κ2) is 13.8. The van der Waals surface area contributed by atoms with E-state index >= 15 is 0 Å². The van der Waals surface area contributed by atoms with Gasteiger partial charge in [0.05, 0.1) is 22.7 Å². The second-order valence-corrected chi connectivity index (χ2v) is 10.2. The number of carbonyl (C=O) groups excluding carboxylic acids is 2. The van der Waals surface area contributed by atoms with Crippen LogP contribution in [-0.4, -0.2) is 53.8 Å². The second-order valence-electron chi connectivity index (χ2n) is 9.13. The molecule has 1 N–H and O–H groups in total. The van der Waals surface area contributed by atoms with Gasteiger partial charge in [0.1, 0.15) is 5.82 Å². The smallest absolute Gasteiger partial charge is 0.355 e. The number of likely N-dealkylation sites (tertiary alicyclic amines) is 1. The monoisotopic (exact) mass is 627 g/mol. The highest BCUT2D eigenvalue weighted by molar-refractivity contribution is 7.17. The standard InChI is InChI=1S/C25H24ClF4N3O3.CH2F3P/c26-21-3-1-2-18-20(14-33(23(18)21)10-11-36-25(28,29)30)24(35)32-8-6-17(7-9-32)19-12-16(13-31-15-34)4-5-22(19)27;2-1(3,4)5/h1-5,12,14-15,17H,6-11,13H2,(H,31,34);5H2. The number of para-hydroxylation sites is 1. The number of benzene rings is 2. The first-order valence-corrected chi connectivity index (χ1v) is 13.2. The van der Waals surface area contributed by atoms with Gasteiger partial charge in [0, 0.05) is 37.8 Å². The molecule has 224 valence electrons. The summed E-state index contributed by atoms with van der Waals surface area (Å²) in [4.78, 5) is 25.6.